The van der Waals surface area contributed by atoms with Crippen molar-refractivity contribution in [3.8, 4) is 0 Å². The van der Waals surface area contributed by atoms with Crippen LogP contribution in [-0.2, 0) is 0 Å². The molecule has 0 atom stereocenters. The van der Waals surface area contributed by atoms with Gasteiger partial charge < -0.3 is 0 Å². The Hall–Kier alpha value is -0.0200. The molecule has 1 aromatic heterocycles. The molecule has 0 N–H and O–H groups in total. The van der Waals surface area contributed by atoms with Gasteiger partial charge in [0.15, 0.2) is 0 Å². The molecule has 0 aromatic carbocycles. The van der Waals surface area contributed by atoms with Crippen LogP contribution in [0.1, 0.15) is 17.8 Å². The molecule has 0 amide bonds. The molecule has 1 aromatic rings. The van der Waals surface area contributed by atoms with Crippen LogP contribution in [-0.4, -0.2) is 10.7 Å². The number of hydrogen-bond acceptors (Lipinski definition) is 3. The molecular formula is C7H8NS2. The van der Waals surface area contributed by atoms with Gasteiger partial charge in [-0.2, -0.15) is 0 Å². The fourth-order valence-corrected chi connectivity index (χ4v) is 2.96. The van der Waals surface area contributed by atoms with Crippen molar-refractivity contribution >= 4 is 23.1 Å². The molecule has 0 spiro atoms. The summed E-state index contributed by atoms with van der Waals surface area (Å²) in [5, 5.41) is 4.78. The van der Waals surface area contributed by atoms with Gasteiger partial charge in [-0.15, -0.1) is 23.1 Å². The number of thiazole rings is 1. The van der Waals surface area contributed by atoms with Crippen LogP contribution in [0.15, 0.2) is 11.6 Å². The average Bonchev–Trinajstić information content (AvgIpc) is 2.59. The topological polar surface area (TPSA) is 12.9 Å². The second kappa shape index (κ2) is 2.93. The quantitative estimate of drug-likeness (QED) is 0.642. The van der Waals surface area contributed by atoms with Crippen LogP contribution in [0.4, 0.5) is 0 Å². The third-order valence-corrected chi connectivity index (χ3v) is 3.70. The van der Waals surface area contributed by atoms with Gasteiger partial charge in [-0.05, 0) is 18.6 Å². The highest BCUT2D eigenvalue weighted by Crippen LogP contribution is 2.39. The summed E-state index contributed by atoms with van der Waals surface area (Å²) in [4.78, 5) is 4.26. The Morgan fingerprint density at radius 1 is 1.50 bits per heavy atom. The molecule has 2 rings (SSSR count). The number of rotatable bonds is 1. The van der Waals surface area contributed by atoms with E-state index in [2.05, 4.69) is 4.98 Å². The molecule has 0 bridgehead atoms. The highest BCUT2D eigenvalue weighted by molar-refractivity contribution is 8.02. The van der Waals surface area contributed by atoms with E-state index in [0.717, 1.165) is 0 Å². The molecule has 3 heteroatoms. The zero-order chi connectivity index (χ0) is 6.81. The highest BCUT2D eigenvalue weighted by atomic mass is 32.2. The molecule has 1 aliphatic heterocycles. The average molecular weight is 170 g/mol. The third kappa shape index (κ3) is 1.20. The van der Waals surface area contributed by atoms with Crippen LogP contribution in [0.2, 0.25) is 0 Å². The van der Waals surface area contributed by atoms with E-state index >= 15 is 0 Å². The Morgan fingerprint density at radius 3 is 3.10 bits per heavy atom. The van der Waals surface area contributed by atoms with Crippen molar-refractivity contribution in [1.82, 2.24) is 4.98 Å². The van der Waals surface area contributed by atoms with Crippen LogP contribution in [0.3, 0.4) is 0 Å². The minimum absolute atomic E-state index is 1.24. The molecule has 2 heterocycles. The number of hydrogen-bond donors (Lipinski definition) is 0. The van der Waals surface area contributed by atoms with Crippen LogP contribution in [0.5, 0.6) is 0 Å². The Labute approximate surface area is 68.9 Å². The van der Waals surface area contributed by atoms with E-state index < -0.39 is 0 Å². The summed E-state index contributed by atoms with van der Waals surface area (Å²) in [5.74, 6) is 1.29. The molecule has 1 aliphatic rings. The van der Waals surface area contributed by atoms with Crippen molar-refractivity contribution in [2.24, 2.45) is 0 Å². The fraction of sp³-hybridized carbons (Fsp3) is 0.429. The molecule has 0 aliphatic carbocycles. The van der Waals surface area contributed by atoms with Gasteiger partial charge in [-0.3, -0.25) is 0 Å². The maximum Gasteiger partial charge on any atom is 0.110 e. The molecule has 0 saturated carbocycles. The largest absolute Gasteiger partial charge is 0.248 e. The van der Waals surface area contributed by atoms with Crippen LogP contribution in [0, 0.1) is 5.25 Å². The lowest BCUT2D eigenvalue weighted by molar-refractivity contribution is 0.940. The van der Waals surface area contributed by atoms with Crippen molar-refractivity contribution in [3.63, 3.8) is 0 Å². The van der Waals surface area contributed by atoms with Gasteiger partial charge in [-0.25, -0.2) is 4.98 Å². The lowest BCUT2D eigenvalue weighted by Gasteiger charge is -1.99. The normalized spacial score (nSPS) is 20.0. The van der Waals surface area contributed by atoms with Gasteiger partial charge in [0.25, 0.3) is 0 Å². The summed E-state index contributed by atoms with van der Waals surface area (Å²) in [6.07, 6.45) is 4.46. The monoisotopic (exact) mass is 170 g/mol. The van der Waals surface area contributed by atoms with E-state index in [1.165, 1.54) is 28.9 Å². The van der Waals surface area contributed by atoms with Gasteiger partial charge >= 0.3 is 0 Å². The number of aromatic nitrogens is 1. The first kappa shape index (κ1) is 6.68. The molecule has 1 nitrogen and oxygen atoms in total. The minimum atomic E-state index is 1.24. The molecule has 1 fully saturated rings. The summed E-state index contributed by atoms with van der Waals surface area (Å²) >= 11 is 3.72. The van der Waals surface area contributed by atoms with E-state index in [1.54, 1.807) is 11.3 Å². The van der Waals surface area contributed by atoms with Crippen LogP contribution >= 0.6 is 23.1 Å². The zero-order valence-corrected chi connectivity index (χ0v) is 7.17. The maximum atomic E-state index is 4.26. The smallest absolute Gasteiger partial charge is 0.110 e. The summed E-state index contributed by atoms with van der Waals surface area (Å²) in [5.41, 5.74) is 0. The minimum Gasteiger partial charge on any atom is -0.248 e. The lowest BCUT2D eigenvalue weighted by Crippen LogP contribution is -1.85. The predicted octanol–water partition coefficient (Wildman–Crippen LogP) is 2.55. The van der Waals surface area contributed by atoms with Gasteiger partial charge in [0.1, 0.15) is 5.01 Å². The Kier molecular flexibility index (Phi) is 1.95. The first-order valence-corrected chi connectivity index (χ1v) is 5.22. The Balaban J connectivity index is 2.12. The van der Waals surface area contributed by atoms with Crippen molar-refractivity contribution < 1.29 is 0 Å². The van der Waals surface area contributed by atoms with Crippen molar-refractivity contribution in [2.45, 2.75) is 12.8 Å². The van der Waals surface area contributed by atoms with Crippen molar-refractivity contribution in [1.29, 1.82) is 0 Å². The highest BCUT2D eigenvalue weighted by Gasteiger charge is 2.20. The SMILES string of the molecule is c1csc([C]2CCCS2)n1. The van der Waals surface area contributed by atoms with E-state index in [9.17, 15) is 0 Å². The van der Waals surface area contributed by atoms with Crippen molar-refractivity contribution in [2.75, 3.05) is 5.75 Å². The summed E-state index contributed by atoms with van der Waals surface area (Å²) in [6, 6.07) is 0. The molecule has 1 saturated heterocycles. The second-order valence-corrected chi connectivity index (χ2v) is 4.30. The van der Waals surface area contributed by atoms with E-state index in [1.807, 2.05) is 23.3 Å². The molecule has 1 radical (unpaired) electrons. The van der Waals surface area contributed by atoms with E-state index in [-0.39, 0.29) is 0 Å². The molecule has 0 unspecified atom stereocenters. The Morgan fingerprint density at radius 2 is 2.50 bits per heavy atom. The fourth-order valence-electron chi connectivity index (χ4n) is 1.03. The van der Waals surface area contributed by atoms with E-state index in [0.29, 0.717) is 0 Å². The van der Waals surface area contributed by atoms with Gasteiger partial charge in [0.2, 0.25) is 0 Å². The summed E-state index contributed by atoms with van der Waals surface area (Å²) in [7, 11) is 0. The first-order chi connectivity index (χ1) is 4.97. The van der Waals surface area contributed by atoms with Crippen LogP contribution in [0.25, 0.3) is 0 Å². The summed E-state index contributed by atoms with van der Waals surface area (Å²) < 4.78 is 0. The standard InChI is InChI=1S/C7H8NS2/c1-2-6(9-4-1)7-8-3-5-10-7/h3,5H,1-2,4H2. The molecule has 10 heavy (non-hydrogen) atoms. The molecular weight excluding hydrogens is 162 g/mol. The molecule has 53 valence electrons. The summed E-state index contributed by atoms with van der Waals surface area (Å²) in [6.45, 7) is 0. The van der Waals surface area contributed by atoms with Gasteiger partial charge in [0.05, 0.1) is 5.25 Å². The first-order valence-electron chi connectivity index (χ1n) is 3.35. The zero-order valence-electron chi connectivity index (χ0n) is 5.54. The van der Waals surface area contributed by atoms with E-state index in [4.69, 9.17) is 0 Å². The second-order valence-electron chi connectivity index (χ2n) is 2.21. The lowest BCUT2D eigenvalue weighted by atomic mass is 10.3. The third-order valence-electron chi connectivity index (χ3n) is 1.50. The predicted molar refractivity (Wildman–Crippen MR) is 46.2 cm³/mol. The van der Waals surface area contributed by atoms with Crippen LogP contribution < -0.4 is 0 Å². The number of nitrogens with zero attached hydrogens (tertiary/aromatic N) is 1. The van der Waals surface area contributed by atoms with Gasteiger partial charge in [-0.1, -0.05) is 0 Å². The number of thioether (sulfide) groups is 1. The Bertz CT molecular complexity index is 189. The van der Waals surface area contributed by atoms with Crippen molar-refractivity contribution in [3.05, 3.63) is 21.8 Å². The maximum absolute atomic E-state index is 4.26. The van der Waals surface area contributed by atoms with Gasteiger partial charge in [0, 0.05) is 11.6 Å².